The maximum atomic E-state index is 10.5. The molecule has 21 heavy (non-hydrogen) atoms. The van der Waals surface area contributed by atoms with E-state index in [-0.39, 0.29) is 12.1 Å². The van der Waals surface area contributed by atoms with Gasteiger partial charge in [-0.15, -0.1) is 0 Å². The predicted molar refractivity (Wildman–Crippen MR) is 80.8 cm³/mol. The molecule has 1 heterocycles. The van der Waals surface area contributed by atoms with Crippen LogP contribution >= 0.6 is 0 Å². The molecule has 0 amide bonds. The van der Waals surface area contributed by atoms with E-state index < -0.39 is 17.9 Å². The number of benzene rings is 1. The number of rotatable bonds is 3. The highest BCUT2D eigenvalue weighted by molar-refractivity contribution is 5.73. The van der Waals surface area contributed by atoms with Crippen molar-refractivity contribution in [3.05, 3.63) is 35.9 Å². The van der Waals surface area contributed by atoms with Gasteiger partial charge in [-0.1, -0.05) is 37.3 Å². The van der Waals surface area contributed by atoms with Crippen LogP contribution in [0.3, 0.4) is 0 Å². The zero-order valence-electron chi connectivity index (χ0n) is 13.1. The van der Waals surface area contributed by atoms with Crippen LogP contribution in [0, 0.1) is 0 Å². The van der Waals surface area contributed by atoms with Crippen LogP contribution in [0.5, 0.6) is 0 Å². The van der Waals surface area contributed by atoms with Crippen LogP contribution < -0.4 is 5.73 Å². The van der Waals surface area contributed by atoms with Crippen LogP contribution in [-0.4, -0.2) is 29.1 Å². The second-order valence-electron chi connectivity index (χ2n) is 5.52. The molecule has 1 saturated heterocycles. The number of carbonyl (C=O) groups is 1. The molecule has 118 valence electrons. The number of ether oxygens (including phenoxy) is 2. The van der Waals surface area contributed by atoms with Gasteiger partial charge in [0.2, 0.25) is 0 Å². The molecule has 2 unspecified atom stereocenters. The summed E-state index contributed by atoms with van der Waals surface area (Å²) in [5.41, 5.74) is 7.02. The third kappa shape index (κ3) is 5.46. The van der Waals surface area contributed by atoms with Crippen LogP contribution in [-0.2, 0) is 14.3 Å². The second-order valence-corrected chi connectivity index (χ2v) is 5.52. The van der Waals surface area contributed by atoms with Gasteiger partial charge in [0.1, 0.15) is 0 Å². The van der Waals surface area contributed by atoms with Crippen LogP contribution in [0.15, 0.2) is 30.3 Å². The van der Waals surface area contributed by atoms with E-state index in [1.54, 1.807) is 20.8 Å². The predicted octanol–water partition coefficient (Wildman–Crippen LogP) is 2.71. The maximum absolute atomic E-state index is 10.5. The maximum Gasteiger partial charge on any atom is 0.335 e. The van der Waals surface area contributed by atoms with E-state index in [1.165, 1.54) is 5.56 Å². The summed E-state index contributed by atoms with van der Waals surface area (Å²) in [6.45, 7) is 7.18. The molecule has 2 rings (SSSR count). The molecule has 3 atom stereocenters. The Morgan fingerprint density at radius 1 is 1.33 bits per heavy atom. The highest BCUT2D eigenvalue weighted by Gasteiger charge is 2.42. The number of aliphatic carboxylic acids is 1. The normalized spacial score (nSPS) is 24.8. The molecule has 0 saturated carbocycles. The first-order valence-corrected chi connectivity index (χ1v) is 7.15. The number of hydrogen-bond donors (Lipinski definition) is 2. The number of hydrogen-bond acceptors (Lipinski definition) is 4. The van der Waals surface area contributed by atoms with Crippen molar-refractivity contribution in [2.24, 2.45) is 5.73 Å². The molecular formula is C16H25NO4. The van der Waals surface area contributed by atoms with Crippen molar-refractivity contribution in [3.8, 4) is 0 Å². The molecular weight excluding hydrogens is 270 g/mol. The first kappa shape index (κ1) is 17.6. The zero-order chi connectivity index (χ0) is 16.0. The van der Waals surface area contributed by atoms with Gasteiger partial charge in [0.05, 0.1) is 6.10 Å². The first-order valence-electron chi connectivity index (χ1n) is 7.15. The molecule has 1 aromatic rings. The molecule has 1 aliphatic rings. The summed E-state index contributed by atoms with van der Waals surface area (Å²) in [6.07, 6.45) is -0.197. The van der Waals surface area contributed by atoms with Gasteiger partial charge in [0.25, 0.3) is 0 Å². The molecule has 0 spiro atoms. The Hall–Kier alpha value is -1.43. The molecule has 3 N–H and O–H groups in total. The Morgan fingerprint density at radius 2 is 1.90 bits per heavy atom. The lowest BCUT2D eigenvalue weighted by atomic mass is 10.1. The fourth-order valence-corrected chi connectivity index (χ4v) is 2.13. The van der Waals surface area contributed by atoms with E-state index >= 15 is 0 Å². The Labute approximate surface area is 126 Å². The summed E-state index contributed by atoms with van der Waals surface area (Å²) in [5.74, 6) is -1.73. The van der Waals surface area contributed by atoms with Crippen molar-refractivity contribution < 1.29 is 19.4 Å². The van der Waals surface area contributed by atoms with Gasteiger partial charge in [-0.2, -0.15) is 0 Å². The van der Waals surface area contributed by atoms with E-state index in [9.17, 15) is 4.79 Å². The number of carboxylic acids is 1. The fraction of sp³-hybridized carbons (Fsp3) is 0.562. The van der Waals surface area contributed by atoms with E-state index in [1.807, 2.05) is 18.2 Å². The summed E-state index contributed by atoms with van der Waals surface area (Å²) in [4.78, 5) is 10.5. The lowest BCUT2D eigenvalue weighted by Crippen LogP contribution is -2.29. The number of nitrogens with two attached hydrogens (primary N) is 1. The zero-order valence-corrected chi connectivity index (χ0v) is 13.1. The van der Waals surface area contributed by atoms with Gasteiger partial charge < -0.3 is 20.3 Å². The minimum atomic E-state index is -0.969. The van der Waals surface area contributed by atoms with Gasteiger partial charge in [-0.3, -0.25) is 0 Å². The van der Waals surface area contributed by atoms with Crippen molar-refractivity contribution in [1.29, 1.82) is 0 Å². The third-order valence-electron chi connectivity index (χ3n) is 3.22. The van der Waals surface area contributed by atoms with Gasteiger partial charge in [0.15, 0.2) is 11.9 Å². The summed E-state index contributed by atoms with van der Waals surface area (Å²) >= 11 is 0. The molecule has 1 fully saturated rings. The second kappa shape index (κ2) is 7.54. The molecule has 1 aliphatic heterocycles. The average Bonchev–Trinajstić information content (AvgIpc) is 2.73. The average molecular weight is 295 g/mol. The molecule has 1 aromatic carbocycles. The van der Waals surface area contributed by atoms with Crippen molar-refractivity contribution >= 4 is 5.97 Å². The van der Waals surface area contributed by atoms with Crippen LogP contribution in [0.4, 0.5) is 0 Å². The van der Waals surface area contributed by atoms with Gasteiger partial charge in [-0.25, -0.2) is 4.79 Å². The van der Waals surface area contributed by atoms with Gasteiger partial charge in [-0.05, 0) is 32.8 Å². The molecule has 0 radical (unpaired) electrons. The smallest absolute Gasteiger partial charge is 0.335 e. The van der Waals surface area contributed by atoms with Crippen LogP contribution in [0.25, 0.3) is 0 Å². The highest BCUT2D eigenvalue weighted by Crippen LogP contribution is 2.27. The summed E-state index contributed by atoms with van der Waals surface area (Å²) in [5, 5.41) is 8.61. The van der Waals surface area contributed by atoms with Crippen molar-refractivity contribution in [3.63, 3.8) is 0 Å². The molecule has 5 nitrogen and oxygen atoms in total. The highest BCUT2D eigenvalue weighted by atomic mass is 16.8. The molecule has 5 heteroatoms. The van der Waals surface area contributed by atoms with Crippen molar-refractivity contribution in [1.82, 2.24) is 0 Å². The van der Waals surface area contributed by atoms with E-state index in [4.69, 9.17) is 20.3 Å². The van der Waals surface area contributed by atoms with Gasteiger partial charge in [0, 0.05) is 6.04 Å². The first-order chi connectivity index (χ1) is 9.76. The van der Waals surface area contributed by atoms with Crippen molar-refractivity contribution in [2.45, 2.75) is 58.2 Å². The van der Waals surface area contributed by atoms with Crippen molar-refractivity contribution in [2.75, 3.05) is 0 Å². The van der Waals surface area contributed by atoms with E-state index in [0.717, 1.165) is 6.42 Å². The number of carboxylic acid groups (broad SMARTS) is 1. The monoisotopic (exact) mass is 295 g/mol. The Kier molecular flexibility index (Phi) is 6.33. The van der Waals surface area contributed by atoms with Crippen LogP contribution in [0.2, 0.25) is 0 Å². The van der Waals surface area contributed by atoms with E-state index in [0.29, 0.717) is 0 Å². The Bertz CT molecular complexity index is 447. The molecule has 0 aliphatic carbocycles. The molecule has 0 bridgehead atoms. The van der Waals surface area contributed by atoms with Crippen LogP contribution in [0.1, 0.15) is 45.7 Å². The Morgan fingerprint density at radius 3 is 2.24 bits per heavy atom. The quantitative estimate of drug-likeness (QED) is 0.896. The third-order valence-corrected chi connectivity index (χ3v) is 3.22. The largest absolute Gasteiger partial charge is 0.479 e. The lowest BCUT2D eigenvalue weighted by Gasteiger charge is -2.15. The summed E-state index contributed by atoms with van der Waals surface area (Å²) in [7, 11) is 0. The SMILES string of the molecule is CC1OC(C)(C)OC1C(=O)O.CC[C@@H](N)c1ccccc1. The standard InChI is InChI=1S/C9H13N.C7H12O4/c1-2-9(10)8-6-4-3-5-7-8;1-4-5(6(8)9)11-7(2,3)10-4/h3-7,9H,2,10H2,1H3;4-5H,1-3H3,(H,8,9)/t9-;/m1./s1. The summed E-state index contributed by atoms with van der Waals surface area (Å²) in [6, 6.07) is 10.4. The minimum absolute atomic E-state index is 0.209. The Balaban J connectivity index is 0.000000211. The topological polar surface area (TPSA) is 81.8 Å². The minimum Gasteiger partial charge on any atom is -0.479 e. The fourth-order valence-electron chi connectivity index (χ4n) is 2.13. The molecule has 0 aromatic heterocycles. The van der Waals surface area contributed by atoms with E-state index in [2.05, 4.69) is 19.1 Å². The van der Waals surface area contributed by atoms with Gasteiger partial charge >= 0.3 is 5.97 Å². The summed E-state index contributed by atoms with van der Waals surface area (Å²) < 4.78 is 10.3. The lowest BCUT2D eigenvalue weighted by molar-refractivity contribution is -0.165.